The third kappa shape index (κ3) is 2.36. The molecule has 2 aromatic carbocycles. The summed E-state index contributed by atoms with van der Waals surface area (Å²) >= 11 is 3.47. The van der Waals surface area contributed by atoms with Crippen LogP contribution in [0.2, 0.25) is 0 Å². The Hall–Kier alpha value is -2.01. The van der Waals surface area contributed by atoms with E-state index in [1.165, 1.54) is 0 Å². The maximum absolute atomic E-state index is 9.40. The molecular formula is C15H14BrN3O. The van der Waals surface area contributed by atoms with E-state index in [1.54, 1.807) is 12.1 Å². The van der Waals surface area contributed by atoms with Crippen molar-refractivity contribution in [3.63, 3.8) is 0 Å². The highest BCUT2D eigenvalue weighted by molar-refractivity contribution is 9.10. The van der Waals surface area contributed by atoms with Gasteiger partial charge in [-0.2, -0.15) is 0 Å². The number of nitrogens with zero attached hydrogens (tertiary/aromatic N) is 2. The number of guanidine groups is 1. The van der Waals surface area contributed by atoms with Crippen LogP contribution in [0.4, 0.5) is 5.69 Å². The van der Waals surface area contributed by atoms with Gasteiger partial charge in [0.15, 0.2) is 5.96 Å². The predicted molar refractivity (Wildman–Crippen MR) is 84.0 cm³/mol. The fourth-order valence-corrected chi connectivity index (χ4v) is 2.77. The van der Waals surface area contributed by atoms with Gasteiger partial charge in [-0.25, -0.2) is 0 Å². The second kappa shape index (κ2) is 5.17. The lowest BCUT2D eigenvalue weighted by atomic mass is 10.1. The quantitative estimate of drug-likeness (QED) is 0.889. The Balaban J connectivity index is 1.98. The van der Waals surface area contributed by atoms with Crippen LogP contribution in [0.1, 0.15) is 11.6 Å². The van der Waals surface area contributed by atoms with Gasteiger partial charge in [0.1, 0.15) is 5.75 Å². The molecule has 0 spiro atoms. The summed E-state index contributed by atoms with van der Waals surface area (Å²) < 4.78 is 0.999. The van der Waals surface area contributed by atoms with Crippen LogP contribution in [-0.4, -0.2) is 17.6 Å². The van der Waals surface area contributed by atoms with Crippen LogP contribution in [0.25, 0.3) is 0 Å². The van der Waals surface area contributed by atoms with Crippen LogP contribution in [-0.2, 0) is 0 Å². The van der Waals surface area contributed by atoms with Gasteiger partial charge in [0, 0.05) is 10.2 Å². The standard InChI is InChI=1S/C15H14BrN3O/c16-11-2-1-3-12(8-11)19-14(9-18-15(19)17)10-4-6-13(20)7-5-10/h1-8,14,20H,9H2,(H2,17,18). The van der Waals surface area contributed by atoms with E-state index in [9.17, 15) is 5.11 Å². The predicted octanol–water partition coefficient (Wildman–Crippen LogP) is 3.03. The Labute approximate surface area is 125 Å². The van der Waals surface area contributed by atoms with Gasteiger partial charge >= 0.3 is 0 Å². The van der Waals surface area contributed by atoms with E-state index in [4.69, 9.17) is 5.73 Å². The SMILES string of the molecule is NC1=NCC(c2ccc(O)cc2)N1c1cccc(Br)c1. The zero-order valence-electron chi connectivity index (χ0n) is 10.7. The molecule has 0 aromatic heterocycles. The Bertz CT molecular complexity index is 654. The van der Waals surface area contributed by atoms with Crippen molar-refractivity contribution in [1.82, 2.24) is 0 Å². The number of hydrogen-bond donors (Lipinski definition) is 2. The summed E-state index contributed by atoms with van der Waals surface area (Å²) in [6.07, 6.45) is 0. The summed E-state index contributed by atoms with van der Waals surface area (Å²) in [5, 5.41) is 9.40. The lowest BCUT2D eigenvalue weighted by Crippen LogP contribution is -2.36. The highest BCUT2D eigenvalue weighted by Gasteiger charge is 2.28. The molecule has 0 aliphatic carbocycles. The second-order valence-corrected chi connectivity index (χ2v) is 5.57. The Morgan fingerprint density at radius 2 is 1.95 bits per heavy atom. The minimum absolute atomic E-state index is 0.0601. The highest BCUT2D eigenvalue weighted by Crippen LogP contribution is 2.32. The number of nitrogens with two attached hydrogens (primary N) is 1. The molecule has 1 unspecified atom stereocenters. The molecule has 0 bridgehead atoms. The molecular weight excluding hydrogens is 318 g/mol. The molecule has 20 heavy (non-hydrogen) atoms. The second-order valence-electron chi connectivity index (χ2n) is 4.66. The van der Waals surface area contributed by atoms with Crippen LogP contribution in [0.3, 0.4) is 0 Å². The molecule has 0 fully saturated rings. The van der Waals surface area contributed by atoms with Crippen molar-refractivity contribution in [2.24, 2.45) is 10.7 Å². The van der Waals surface area contributed by atoms with E-state index in [0.29, 0.717) is 12.5 Å². The molecule has 2 aromatic rings. The monoisotopic (exact) mass is 331 g/mol. The fraction of sp³-hybridized carbons (Fsp3) is 0.133. The summed E-state index contributed by atoms with van der Waals surface area (Å²) in [7, 11) is 0. The van der Waals surface area contributed by atoms with E-state index in [1.807, 2.05) is 41.3 Å². The van der Waals surface area contributed by atoms with Gasteiger partial charge in [-0.3, -0.25) is 4.99 Å². The van der Waals surface area contributed by atoms with Crippen molar-refractivity contribution in [3.05, 3.63) is 58.6 Å². The topological polar surface area (TPSA) is 61.9 Å². The molecule has 0 radical (unpaired) electrons. The summed E-state index contributed by atoms with van der Waals surface area (Å²) in [4.78, 5) is 6.36. The first kappa shape index (κ1) is 13.0. The molecule has 1 atom stereocenters. The third-order valence-electron chi connectivity index (χ3n) is 3.35. The maximum Gasteiger partial charge on any atom is 0.196 e. The Kier molecular flexibility index (Phi) is 3.36. The Morgan fingerprint density at radius 3 is 2.65 bits per heavy atom. The van der Waals surface area contributed by atoms with Gasteiger partial charge in [-0.05, 0) is 35.9 Å². The smallest absolute Gasteiger partial charge is 0.196 e. The first-order chi connectivity index (χ1) is 9.65. The van der Waals surface area contributed by atoms with E-state index in [2.05, 4.69) is 20.9 Å². The average Bonchev–Trinajstić information content (AvgIpc) is 2.81. The van der Waals surface area contributed by atoms with Crippen LogP contribution < -0.4 is 10.6 Å². The molecule has 0 saturated heterocycles. The number of anilines is 1. The first-order valence-corrected chi connectivity index (χ1v) is 7.08. The molecule has 1 aliphatic heterocycles. The molecule has 102 valence electrons. The van der Waals surface area contributed by atoms with E-state index >= 15 is 0 Å². The molecule has 0 saturated carbocycles. The zero-order chi connectivity index (χ0) is 14.1. The highest BCUT2D eigenvalue weighted by atomic mass is 79.9. The van der Waals surface area contributed by atoms with Gasteiger partial charge < -0.3 is 15.7 Å². The molecule has 5 heteroatoms. The van der Waals surface area contributed by atoms with Crippen LogP contribution in [0, 0.1) is 0 Å². The van der Waals surface area contributed by atoms with E-state index in [0.717, 1.165) is 15.7 Å². The maximum atomic E-state index is 9.40. The van der Waals surface area contributed by atoms with Crippen LogP contribution in [0.15, 0.2) is 58.0 Å². The van der Waals surface area contributed by atoms with Gasteiger partial charge in [0.25, 0.3) is 0 Å². The van der Waals surface area contributed by atoms with Crippen molar-refractivity contribution < 1.29 is 5.11 Å². The van der Waals surface area contributed by atoms with Crippen molar-refractivity contribution in [2.45, 2.75) is 6.04 Å². The summed E-state index contributed by atoms with van der Waals surface area (Å²) in [5.41, 5.74) is 8.10. The minimum Gasteiger partial charge on any atom is -0.508 e. The van der Waals surface area contributed by atoms with Crippen molar-refractivity contribution >= 4 is 27.6 Å². The number of aliphatic imine (C=N–C) groups is 1. The van der Waals surface area contributed by atoms with Crippen molar-refractivity contribution in [3.8, 4) is 5.75 Å². The fourth-order valence-electron chi connectivity index (χ4n) is 2.39. The first-order valence-electron chi connectivity index (χ1n) is 6.29. The normalized spacial score (nSPS) is 18.1. The summed E-state index contributed by atoms with van der Waals surface area (Å²) in [6, 6.07) is 15.2. The third-order valence-corrected chi connectivity index (χ3v) is 3.84. The van der Waals surface area contributed by atoms with Crippen LogP contribution in [0.5, 0.6) is 5.75 Å². The molecule has 4 nitrogen and oxygen atoms in total. The van der Waals surface area contributed by atoms with Crippen LogP contribution >= 0.6 is 15.9 Å². The van der Waals surface area contributed by atoms with Crippen molar-refractivity contribution in [1.29, 1.82) is 0 Å². The largest absolute Gasteiger partial charge is 0.508 e. The van der Waals surface area contributed by atoms with E-state index < -0.39 is 0 Å². The Morgan fingerprint density at radius 1 is 1.20 bits per heavy atom. The molecule has 1 aliphatic rings. The van der Waals surface area contributed by atoms with Crippen molar-refractivity contribution in [2.75, 3.05) is 11.4 Å². The average molecular weight is 332 g/mol. The molecule has 3 rings (SSSR count). The molecule has 3 N–H and O–H groups in total. The van der Waals surface area contributed by atoms with E-state index in [-0.39, 0.29) is 11.8 Å². The van der Waals surface area contributed by atoms with Gasteiger partial charge in [0.05, 0.1) is 12.6 Å². The summed E-state index contributed by atoms with van der Waals surface area (Å²) in [6.45, 7) is 0.614. The lowest BCUT2D eigenvalue weighted by Gasteiger charge is -2.26. The number of rotatable bonds is 2. The minimum atomic E-state index is 0.0601. The number of halogens is 1. The molecule has 1 heterocycles. The number of hydrogen-bond acceptors (Lipinski definition) is 4. The summed E-state index contributed by atoms with van der Waals surface area (Å²) in [5.74, 6) is 0.774. The molecule has 0 amide bonds. The number of phenolic OH excluding ortho intramolecular Hbond substituents is 1. The van der Waals surface area contributed by atoms with Gasteiger partial charge in [-0.1, -0.05) is 34.1 Å². The number of benzene rings is 2. The lowest BCUT2D eigenvalue weighted by molar-refractivity contribution is 0.475. The number of phenols is 1. The number of aromatic hydroxyl groups is 1. The van der Waals surface area contributed by atoms with Gasteiger partial charge in [0.2, 0.25) is 0 Å². The van der Waals surface area contributed by atoms with Gasteiger partial charge in [-0.15, -0.1) is 0 Å². The zero-order valence-corrected chi connectivity index (χ0v) is 12.3.